The van der Waals surface area contributed by atoms with Crippen molar-refractivity contribution in [3.63, 3.8) is 0 Å². The van der Waals surface area contributed by atoms with E-state index < -0.39 is 6.09 Å². The van der Waals surface area contributed by atoms with Crippen molar-refractivity contribution >= 4 is 12.3 Å². The van der Waals surface area contributed by atoms with Gasteiger partial charge in [-0.15, -0.1) is 0 Å². The maximum absolute atomic E-state index is 11.6. The molecule has 1 amide bonds. The first-order chi connectivity index (χ1) is 16.0. The molecule has 0 spiro atoms. The molecule has 1 heterocycles. The minimum atomic E-state index is -0.577. The minimum Gasteiger partial charge on any atom is -0.490 e. The molecule has 1 aliphatic carbocycles. The van der Waals surface area contributed by atoms with Crippen LogP contribution in [-0.2, 0) is 11.2 Å². The average molecular weight is 444 g/mol. The van der Waals surface area contributed by atoms with Gasteiger partial charge in [0.25, 0.3) is 5.89 Å². The van der Waals surface area contributed by atoms with Gasteiger partial charge in [0.1, 0.15) is 11.8 Å². The Bertz CT molecular complexity index is 1240. The van der Waals surface area contributed by atoms with E-state index in [0.29, 0.717) is 35.2 Å². The number of hydrogen-bond acceptors (Lipinski definition) is 7. The van der Waals surface area contributed by atoms with Gasteiger partial charge in [0.2, 0.25) is 5.82 Å². The molecule has 168 valence electrons. The van der Waals surface area contributed by atoms with Crippen molar-refractivity contribution in [2.45, 2.75) is 45.6 Å². The molecule has 0 bridgehead atoms. The number of benzene rings is 2. The zero-order valence-electron chi connectivity index (χ0n) is 18.7. The number of amides is 1. The fourth-order valence-corrected chi connectivity index (χ4v) is 3.92. The number of carbonyl (C=O) groups excluding carboxylic acids is 1. The van der Waals surface area contributed by atoms with E-state index in [9.17, 15) is 10.1 Å². The Labute approximate surface area is 191 Å². The lowest BCUT2D eigenvalue weighted by Crippen LogP contribution is -2.06. The quantitative estimate of drug-likeness (QED) is 0.473. The summed E-state index contributed by atoms with van der Waals surface area (Å²) < 4.78 is 16.1. The van der Waals surface area contributed by atoms with Gasteiger partial charge in [-0.1, -0.05) is 23.4 Å². The zero-order chi connectivity index (χ0) is 23.4. The van der Waals surface area contributed by atoms with Crippen molar-refractivity contribution < 1.29 is 18.8 Å². The fraction of sp³-hybridized carbons (Fsp3) is 0.320. The molecule has 1 aliphatic rings. The van der Waals surface area contributed by atoms with Crippen LogP contribution in [0.2, 0.25) is 0 Å². The van der Waals surface area contributed by atoms with E-state index in [4.69, 9.17) is 14.0 Å². The molecule has 1 atom stereocenters. The van der Waals surface area contributed by atoms with Crippen molar-refractivity contribution in [1.29, 1.82) is 5.26 Å². The van der Waals surface area contributed by atoms with Gasteiger partial charge < -0.3 is 14.0 Å². The summed E-state index contributed by atoms with van der Waals surface area (Å²) in [6.07, 6.45) is 2.69. The highest BCUT2D eigenvalue weighted by Gasteiger charge is 2.26. The number of nitrogens with zero attached hydrogens (tertiary/aromatic N) is 4. The first-order valence-corrected chi connectivity index (χ1v) is 10.9. The van der Waals surface area contributed by atoms with Crippen molar-refractivity contribution in [1.82, 2.24) is 10.1 Å². The number of rotatable bonds is 6. The van der Waals surface area contributed by atoms with Crippen molar-refractivity contribution in [2.24, 2.45) is 4.99 Å². The van der Waals surface area contributed by atoms with Crippen LogP contribution in [0.5, 0.6) is 5.75 Å². The van der Waals surface area contributed by atoms with E-state index in [-0.39, 0.29) is 12.0 Å². The molecule has 3 aromatic rings. The minimum absolute atomic E-state index is 0.0300. The van der Waals surface area contributed by atoms with E-state index in [2.05, 4.69) is 21.2 Å². The molecule has 0 N–H and O–H groups in total. The summed E-state index contributed by atoms with van der Waals surface area (Å²) >= 11 is 0. The zero-order valence-corrected chi connectivity index (χ0v) is 18.7. The van der Waals surface area contributed by atoms with Crippen LogP contribution in [0.4, 0.5) is 4.79 Å². The number of aromatic nitrogens is 2. The van der Waals surface area contributed by atoms with E-state index in [1.54, 1.807) is 31.3 Å². The molecular formula is C25H24N4O4. The van der Waals surface area contributed by atoms with E-state index in [0.717, 1.165) is 29.5 Å². The SMILES string of the molecule is CCOC(=O)/N=C/C1CCc2c(-c3noc(-c4ccc(OC(C)C)c(C#N)c4)n3)cccc21. The predicted molar refractivity (Wildman–Crippen MR) is 122 cm³/mol. The number of carbonyl (C=O) groups is 1. The molecule has 0 saturated heterocycles. The number of nitriles is 1. The molecular weight excluding hydrogens is 420 g/mol. The molecule has 0 fully saturated rings. The summed E-state index contributed by atoms with van der Waals surface area (Å²) in [7, 11) is 0. The van der Waals surface area contributed by atoms with E-state index in [1.807, 2.05) is 32.0 Å². The van der Waals surface area contributed by atoms with Gasteiger partial charge in [0, 0.05) is 23.3 Å². The van der Waals surface area contributed by atoms with Gasteiger partial charge in [-0.2, -0.15) is 15.2 Å². The molecule has 33 heavy (non-hydrogen) atoms. The Morgan fingerprint density at radius 2 is 2.21 bits per heavy atom. The average Bonchev–Trinajstić information content (AvgIpc) is 3.45. The summed E-state index contributed by atoms with van der Waals surface area (Å²) in [6.45, 7) is 5.86. The van der Waals surface area contributed by atoms with E-state index >= 15 is 0 Å². The lowest BCUT2D eigenvalue weighted by atomic mass is 9.99. The Morgan fingerprint density at radius 3 is 2.97 bits per heavy atom. The first kappa shape index (κ1) is 22.2. The van der Waals surface area contributed by atoms with Gasteiger partial charge >= 0.3 is 6.09 Å². The Morgan fingerprint density at radius 1 is 1.36 bits per heavy atom. The summed E-state index contributed by atoms with van der Waals surface area (Å²) in [5, 5.41) is 13.7. The maximum Gasteiger partial charge on any atom is 0.433 e. The molecule has 0 radical (unpaired) electrons. The van der Waals surface area contributed by atoms with Gasteiger partial charge in [-0.25, -0.2) is 4.79 Å². The largest absolute Gasteiger partial charge is 0.490 e. The summed E-state index contributed by atoms with van der Waals surface area (Å²) in [5.41, 5.74) is 4.14. The Kier molecular flexibility index (Phi) is 6.50. The van der Waals surface area contributed by atoms with Gasteiger partial charge in [0.15, 0.2) is 0 Å². The van der Waals surface area contributed by atoms with Gasteiger partial charge in [0.05, 0.1) is 18.3 Å². The molecule has 4 rings (SSSR count). The van der Waals surface area contributed by atoms with Crippen LogP contribution < -0.4 is 4.74 Å². The van der Waals surface area contributed by atoms with Crippen LogP contribution in [-0.4, -0.2) is 35.2 Å². The highest BCUT2D eigenvalue weighted by Crippen LogP contribution is 2.38. The highest BCUT2D eigenvalue weighted by atomic mass is 16.5. The van der Waals surface area contributed by atoms with Crippen LogP contribution in [0.3, 0.4) is 0 Å². The molecule has 2 aromatic carbocycles. The third kappa shape index (κ3) is 4.77. The summed E-state index contributed by atoms with van der Waals surface area (Å²) in [6, 6.07) is 13.3. The lowest BCUT2D eigenvalue weighted by molar-refractivity contribution is 0.163. The predicted octanol–water partition coefficient (Wildman–Crippen LogP) is 5.32. The van der Waals surface area contributed by atoms with Gasteiger partial charge in [-0.05, 0) is 62.9 Å². The molecule has 0 aliphatic heterocycles. The normalized spacial score (nSPS) is 14.9. The van der Waals surface area contributed by atoms with Crippen molar-refractivity contribution in [3.05, 3.63) is 53.1 Å². The molecule has 1 unspecified atom stereocenters. The third-order valence-corrected chi connectivity index (χ3v) is 5.32. The van der Waals surface area contributed by atoms with Crippen LogP contribution in [0, 0.1) is 11.3 Å². The topological polar surface area (TPSA) is 111 Å². The molecule has 8 heteroatoms. The number of hydrogen-bond donors (Lipinski definition) is 0. The van der Waals surface area contributed by atoms with Crippen LogP contribution in [0.25, 0.3) is 22.8 Å². The fourth-order valence-electron chi connectivity index (χ4n) is 3.92. The monoisotopic (exact) mass is 444 g/mol. The van der Waals surface area contributed by atoms with Crippen LogP contribution in [0.1, 0.15) is 49.8 Å². The molecule has 0 saturated carbocycles. The first-order valence-electron chi connectivity index (χ1n) is 10.9. The lowest BCUT2D eigenvalue weighted by Gasteiger charge is -2.11. The Hall–Kier alpha value is -3.99. The number of fused-ring (bicyclic) bond motifs is 1. The standard InChI is InChI=1S/C25H24N4O4/c1-4-31-25(30)27-14-17-8-10-20-19(17)6-5-7-21(20)23-28-24(33-29-23)16-9-11-22(32-15(2)3)18(12-16)13-26/h5-7,9,11-12,14-15,17H,4,8,10H2,1-3H3/b27-14+. The second-order valence-corrected chi connectivity index (χ2v) is 7.91. The second-order valence-electron chi connectivity index (χ2n) is 7.91. The molecule has 1 aromatic heterocycles. The smallest absolute Gasteiger partial charge is 0.433 e. The highest BCUT2D eigenvalue weighted by molar-refractivity contribution is 5.84. The summed E-state index contributed by atoms with van der Waals surface area (Å²) in [4.78, 5) is 20.1. The van der Waals surface area contributed by atoms with E-state index in [1.165, 1.54) is 0 Å². The molecule has 8 nitrogen and oxygen atoms in total. The van der Waals surface area contributed by atoms with Crippen molar-refractivity contribution in [3.8, 4) is 34.7 Å². The Balaban J connectivity index is 1.61. The maximum atomic E-state index is 11.6. The van der Waals surface area contributed by atoms with Crippen LogP contribution >= 0.6 is 0 Å². The van der Waals surface area contributed by atoms with Crippen molar-refractivity contribution in [2.75, 3.05) is 6.61 Å². The summed E-state index contributed by atoms with van der Waals surface area (Å²) in [5.74, 6) is 1.36. The van der Waals surface area contributed by atoms with Gasteiger partial charge in [-0.3, -0.25) is 0 Å². The van der Waals surface area contributed by atoms with Crippen LogP contribution in [0.15, 0.2) is 45.9 Å². The number of ether oxygens (including phenoxy) is 2. The third-order valence-electron chi connectivity index (χ3n) is 5.32. The number of aliphatic imine (C=N–C) groups is 1. The second kappa shape index (κ2) is 9.65.